The van der Waals surface area contributed by atoms with Crippen LogP contribution < -0.4 is 15.4 Å². The van der Waals surface area contributed by atoms with Crippen LogP contribution in [0.15, 0.2) is 48.5 Å². The fourth-order valence-corrected chi connectivity index (χ4v) is 2.47. The second-order valence-corrected chi connectivity index (χ2v) is 5.02. The molecule has 0 aliphatic carbocycles. The number of fused-ring (bicyclic) bond motifs is 1. The van der Waals surface area contributed by atoms with Gasteiger partial charge in [0, 0.05) is 13.1 Å². The lowest BCUT2D eigenvalue weighted by Gasteiger charge is -2.22. The van der Waals surface area contributed by atoms with E-state index in [0.717, 1.165) is 5.56 Å². The van der Waals surface area contributed by atoms with Gasteiger partial charge < -0.3 is 20.5 Å². The third-order valence-electron chi connectivity index (χ3n) is 3.63. The minimum atomic E-state index is -0.813. The van der Waals surface area contributed by atoms with Crippen LogP contribution in [-0.2, 0) is 4.79 Å². The van der Waals surface area contributed by atoms with E-state index >= 15 is 0 Å². The highest BCUT2D eigenvalue weighted by Crippen LogP contribution is 2.38. The average molecular weight is 365 g/mol. The zero-order chi connectivity index (χ0) is 15.0. The number of aromatic hydroxyl groups is 1. The molecule has 0 bridgehead atoms. The second kappa shape index (κ2) is 6.37. The third-order valence-corrected chi connectivity index (χ3v) is 3.63. The first-order valence-corrected chi connectivity index (χ1v) is 6.65. The number of likely N-dealkylation sites (N-methyl/N-ethyl adjacent to an activating group) is 1. The van der Waals surface area contributed by atoms with Crippen molar-refractivity contribution >= 4 is 28.6 Å². The van der Waals surface area contributed by atoms with Gasteiger partial charge in [-0.05, 0) is 17.7 Å². The highest BCUT2D eigenvalue weighted by molar-refractivity contribution is 8.93. The van der Waals surface area contributed by atoms with Crippen LogP contribution in [0.2, 0.25) is 0 Å². The van der Waals surface area contributed by atoms with Crippen molar-refractivity contribution in [2.24, 2.45) is 5.73 Å². The first kappa shape index (κ1) is 16.3. The maximum Gasteiger partial charge on any atom is 0.247 e. The van der Waals surface area contributed by atoms with Crippen LogP contribution in [0.5, 0.6) is 11.5 Å². The summed E-state index contributed by atoms with van der Waals surface area (Å²) in [5.74, 6) is 0.336. The molecule has 2 aromatic rings. The Kier molecular flexibility index (Phi) is 4.73. The van der Waals surface area contributed by atoms with Crippen LogP contribution in [0.1, 0.15) is 11.7 Å². The average Bonchev–Trinajstić information content (AvgIpc) is 2.60. The number of nitrogens with zero attached hydrogens (tertiary/aromatic N) is 1. The molecule has 2 aromatic carbocycles. The number of hydrogen-bond donors (Lipinski definition) is 2. The first-order chi connectivity index (χ1) is 10.1. The molecule has 0 radical (unpaired) electrons. The highest BCUT2D eigenvalue weighted by Gasteiger charge is 2.35. The second-order valence-electron chi connectivity index (χ2n) is 5.02. The summed E-state index contributed by atoms with van der Waals surface area (Å²) in [6.45, 7) is 0. The molecule has 1 aliphatic rings. The Morgan fingerprint density at radius 2 is 1.86 bits per heavy atom. The molecule has 1 heterocycles. The van der Waals surface area contributed by atoms with Gasteiger partial charge in [0.25, 0.3) is 0 Å². The Balaban J connectivity index is 0.00000176. The van der Waals surface area contributed by atoms with E-state index in [1.165, 1.54) is 17.0 Å². The zero-order valence-corrected chi connectivity index (χ0v) is 13.7. The number of anilines is 1. The van der Waals surface area contributed by atoms with Gasteiger partial charge in [0.2, 0.25) is 5.91 Å². The lowest BCUT2D eigenvalue weighted by molar-refractivity contribution is -0.121. The molecule has 0 spiro atoms. The van der Waals surface area contributed by atoms with Crippen LogP contribution in [-0.4, -0.2) is 24.1 Å². The number of benzene rings is 2. The number of hydrogen-bond acceptors (Lipinski definition) is 4. The summed E-state index contributed by atoms with van der Waals surface area (Å²) in [5.41, 5.74) is 7.43. The smallest absolute Gasteiger partial charge is 0.247 e. The lowest BCUT2D eigenvalue weighted by atomic mass is 10.0. The van der Waals surface area contributed by atoms with Crippen LogP contribution in [0.25, 0.3) is 0 Å². The summed E-state index contributed by atoms with van der Waals surface area (Å²) in [6.07, 6.45) is -0.563. The van der Waals surface area contributed by atoms with Crippen LogP contribution in [0, 0.1) is 0 Å². The Morgan fingerprint density at radius 1 is 1.18 bits per heavy atom. The molecule has 0 unspecified atom stereocenters. The van der Waals surface area contributed by atoms with Crippen molar-refractivity contribution in [1.29, 1.82) is 0 Å². The van der Waals surface area contributed by atoms with Gasteiger partial charge in [-0.3, -0.25) is 4.79 Å². The standard InChI is InChI=1S/C16H16N2O3.BrH/c1-18-12-9-11(19)7-8-13(12)21-15(14(17)16(18)20)10-5-3-2-4-6-10;/h2-9,14-15,19H,17H2,1H3;1H/t14-,15+;/m0./s1. The highest BCUT2D eigenvalue weighted by atomic mass is 79.9. The van der Waals surface area contributed by atoms with Crippen molar-refractivity contribution in [1.82, 2.24) is 0 Å². The Labute approximate surface area is 139 Å². The summed E-state index contributed by atoms with van der Waals surface area (Å²) in [7, 11) is 1.62. The van der Waals surface area contributed by atoms with Crippen molar-refractivity contribution in [3.63, 3.8) is 0 Å². The fraction of sp³-hybridized carbons (Fsp3) is 0.188. The van der Waals surface area contributed by atoms with Gasteiger partial charge in [-0.25, -0.2) is 0 Å². The molecule has 0 saturated carbocycles. The number of amides is 1. The van der Waals surface area contributed by atoms with Crippen LogP contribution in [0.3, 0.4) is 0 Å². The predicted octanol–water partition coefficient (Wildman–Crippen LogP) is 2.39. The predicted molar refractivity (Wildman–Crippen MR) is 89.6 cm³/mol. The van der Waals surface area contributed by atoms with Gasteiger partial charge in [-0.2, -0.15) is 0 Å². The maximum atomic E-state index is 12.4. The molecule has 0 fully saturated rings. The SMILES string of the molecule is Br.CN1C(=O)[C@@H](N)[C@@H](c2ccccc2)Oc2ccc(O)cc21. The largest absolute Gasteiger partial charge is 0.508 e. The van der Waals surface area contributed by atoms with Gasteiger partial charge in [-0.15, -0.1) is 17.0 Å². The van der Waals surface area contributed by atoms with Gasteiger partial charge in [0.05, 0.1) is 5.69 Å². The quantitative estimate of drug-likeness (QED) is 0.814. The van der Waals surface area contributed by atoms with E-state index in [9.17, 15) is 9.90 Å². The summed E-state index contributed by atoms with van der Waals surface area (Å²) < 4.78 is 5.95. The molecule has 5 nitrogen and oxygen atoms in total. The molecule has 116 valence electrons. The monoisotopic (exact) mass is 364 g/mol. The fourth-order valence-electron chi connectivity index (χ4n) is 2.47. The zero-order valence-electron chi connectivity index (χ0n) is 12.0. The number of carbonyl (C=O) groups excluding carboxylic acids is 1. The molecule has 0 aromatic heterocycles. The topological polar surface area (TPSA) is 75.8 Å². The molecule has 3 rings (SSSR count). The van der Waals surface area contributed by atoms with Gasteiger partial charge in [0.1, 0.15) is 23.6 Å². The van der Waals surface area contributed by atoms with E-state index in [1.54, 1.807) is 13.1 Å². The van der Waals surface area contributed by atoms with Crippen LogP contribution >= 0.6 is 17.0 Å². The number of phenols is 1. The van der Waals surface area contributed by atoms with Crippen molar-refractivity contribution < 1.29 is 14.6 Å². The van der Waals surface area contributed by atoms with E-state index in [4.69, 9.17) is 10.5 Å². The van der Waals surface area contributed by atoms with Gasteiger partial charge >= 0.3 is 0 Å². The Hall–Kier alpha value is -2.05. The minimum absolute atomic E-state index is 0. The van der Waals surface area contributed by atoms with E-state index < -0.39 is 12.1 Å². The molecule has 22 heavy (non-hydrogen) atoms. The molecule has 2 atom stereocenters. The molecule has 1 aliphatic heterocycles. The summed E-state index contributed by atoms with van der Waals surface area (Å²) in [4.78, 5) is 13.9. The third kappa shape index (κ3) is 2.80. The van der Waals surface area contributed by atoms with Crippen molar-refractivity contribution in [3.05, 3.63) is 54.1 Å². The molecular formula is C16H17BrN2O3. The van der Waals surface area contributed by atoms with E-state index in [2.05, 4.69) is 0 Å². The maximum absolute atomic E-state index is 12.4. The number of nitrogens with two attached hydrogens (primary N) is 1. The number of rotatable bonds is 1. The van der Waals surface area contributed by atoms with Crippen molar-refractivity contribution in [2.45, 2.75) is 12.1 Å². The first-order valence-electron chi connectivity index (χ1n) is 6.65. The number of phenolic OH excluding ortho intramolecular Hbond substituents is 1. The van der Waals surface area contributed by atoms with Crippen molar-refractivity contribution in [3.8, 4) is 11.5 Å². The molecule has 0 saturated heterocycles. The lowest BCUT2D eigenvalue weighted by Crippen LogP contribution is -2.45. The summed E-state index contributed by atoms with van der Waals surface area (Å²) in [6, 6.07) is 13.3. The molecular weight excluding hydrogens is 348 g/mol. The molecule has 6 heteroatoms. The van der Waals surface area contributed by atoms with E-state index in [1.807, 2.05) is 30.3 Å². The molecule has 3 N–H and O–H groups in total. The Bertz CT molecular complexity index is 678. The normalized spacial score (nSPS) is 20.5. The molecule has 1 amide bonds. The minimum Gasteiger partial charge on any atom is -0.508 e. The number of carbonyl (C=O) groups is 1. The Morgan fingerprint density at radius 3 is 2.55 bits per heavy atom. The van der Waals surface area contributed by atoms with Gasteiger partial charge in [-0.1, -0.05) is 30.3 Å². The number of ether oxygens (including phenoxy) is 1. The van der Waals surface area contributed by atoms with E-state index in [-0.39, 0.29) is 28.6 Å². The van der Waals surface area contributed by atoms with E-state index in [0.29, 0.717) is 11.4 Å². The summed E-state index contributed by atoms with van der Waals surface area (Å²) >= 11 is 0. The summed E-state index contributed by atoms with van der Waals surface area (Å²) in [5, 5.41) is 9.61. The van der Waals surface area contributed by atoms with Gasteiger partial charge in [0.15, 0.2) is 0 Å². The van der Waals surface area contributed by atoms with Crippen LogP contribution in [0.4, 0.5) is 5.69 Å². The number of halogens is 1. The van der Waals surface area contributed by atoms with Crippen molar-refractivity contribution in [2.75, 3.05) is 11.9 Å².